The highest BCUT2D eigenvalue weighted by Crippen LogP contribution is 2.17. The van der Waals surface area contributed by atoms with Crippen molar-refractivity contribution in [2.24, 2.45) is 5.73 Å². The van der Waals surface area contributed by atoms with E-state index in [9.17, 15) is 4.79 Å². The maximum atomic E-state index is 12.0. The zero-order valence-electron chi connectivity index (χ0n) is 11.2. The third-order valence-electron chi connectivity index (χ3n) is 2.50. The zero-order chi connectivity index (χ0) is 13.1. The minimum atomic E-state index is -0.464. The van der Waals surface area contributed by atoms with Gasteiger partial charge in [-0.3, -0.25) is 0 Å². The second kappa shape index (κ2) is 5.69. The molecule has 0 saturated carbocycles. The molecule has 1 saturated heterocycles. The van der Waals surface area contributed by atoms with Gasteiger partial charge < -0.3 is 20.1 Å². The smallest absolute Gasteiger partial charge is 0.410 e. The molecule has 2 N–H and O–H groups in total. The normalized spacial score (nSPS) is 23.4. The van der Waals surface area contributed by atoms with Crippen LogP contribution >= 0.6 is 0 Å². The topological polar surface area (TPSA) is 64.8 Å². The lowest BCUT2D eigenvalue weighted by molar-refractivity contribution is -0.0348. The molecule has 1 fully saturated rings. The summed E-state index contributed by atoms with van der Waals surface area (Å²) in [6, 6.07) is 0.0743. The van der Waals surface area contributed by atoms with E-state index in [1.54, 1.807) is 4.90 Å². The van der Waals surface area contributed by atoms with Crippen molar-refractivity contribution in [2.75, 3.05) is 19.8 Å². The van der Waals surface area contributed by atoms with Gasteiger partial charge in [-0.2, -0.15) is 0 Å². The Bertz CT molecular complexity index is 261. The summed E-state index contributed by atoms with van der Waals surface area (Å²) in [6.07, 6.45) is 0.464. The van der Waals surface area contributed by atoms with Crippen molar-refractivity contribution in [2.45, 2.75) is 51.8 Å². The summed E-state index contributed by atoms with van der Waals surface area (Å²) < 4.78 is 10.8. The van der Waals surface area contributed by atoms with E-state index in [0.717, 1.165) is 6.42 Å². The molecule has 100 valence electrons. The van der Waals surface area contributed by atoms with Gasteiger partial charge in [0.1, 0.15) is 5.60 Å². The van der Waals surface area contributed by atoms with Gasteiger partial charge in [0.2, 0.25) is 0 Å². The second-order valence-corrected chi connectivity index (χ2v) is 5.62. The van der Waals surface area contributed by atoms with E-state index >= 15 is 0 Å². The van der Waals surface area contributed by atoms with Crippen LogP contribution in [0.3, 0.4) is 0 Å². The molecule has 1 aliphatic heterocycles. The average molecular weight is 244 g/mol. The first kappa shape index (κ1) is 14.3. The first-order chi connectivity index (χ1) is 7.79. The van der Waals surface area contributed by atoms with Crippen LogP contribution in [0.1, 0.15) is 34.1 Å². The van der Waals surface area contributed by atoms with Gasteiger partial charge in [-0.15, -0.1) is 0 Å². The summed E-state index contributed by atoms with van der Waals surface area (Å²) in [4.78, 5) is 13.7. The Labute approximate surface area is 103 Å². The lowest BCUT2D eigenvalue weighted by Crippen LogP contribution is -2.51. The van der Waals surface area contributed by atoms with Crippen LogP contribution in [-0.2, 0) is 9.47 Å². The summed E-state index contributed by atoms with van der Waals surface area (Å²) in [5.74, 6) is 0. The summed E-state index contributed by atoms with van der Waals surface area (Å²) in [5, 5.41) is 0. The van der Waals surface area contributed by atoms with Crippen LogP contribution in [0.2, 0.25) is 0 Å². The highest BCUT2D eigenvalue weighted by molar-refractivity contribution is 5.68. The lowest BCUT2D eigenvalue weighted by Gasteiger charge is -2.37. The third-order valence-corrected chi connectivity index (χ3v) is 2.50. The number of ether oxygens (including phenoxy) is 2. The van der Waals surface area contributed by atoms with Crippen molar-refractivity contribution in [3.63, 3.8) is 0 Å². The monoisotopic (exact) mass is 244 g/mol. The lowest BCUT2D eigenvalue weighted by atomic mass is 10.1. The Morgan fingerprint density at radius 3 is 2.76 bits per heavy atom. The van der Waals surface area contributed by atoms with E-state index in [4.69, 9.17) is 15.2 Å². The number of rotatable bonds is 2. The first-order valence-corrected chi connectivity index (χ1v) is 6.12. The SMILES string of the molecule is CC(N)CC1COCCN1C(=O)OC(C)(C)C. The Hall–Kier alpha value is -0.810. The predicted octanol–water partition coefficient (Wildman–Crippen LogP) is 1.36. The Kier molecular flexibility index (Phi) is 4.77. The highest BCUT2D eigenvalue weighted by Gasteiger charge is 2.31. The van der Waals surface area contributed by atoms with Gasteiger partial charge in [-0.1, -0.05) is 0 Å². The molecule has 0 bridgehead atoms. The minimum Gasteiger partial charge on any atom is -0.444 e. The van der Waals surface area contributed by atoms with Gasteiger partial charge in [0.05, 0.1) is 19.3 Å². The van der Waals surface area contributed by atoms with Gasteiger partial charge in [0, 0.05) is 12.6 Å². The number of hydrogen-bond acceptors (Lipinski definition) is 4. The number of hydrogen-bond donors (Lipinski definition) is 1. The van der Waals surface area contributed by atoms with E-state index in [2.05, 4.69) is 0 Å². The van der Waals surface area contributed by atoms with Crippen LogP contribution in [0.5, 0.6) is 0 Å². The minimum absolute atomic E-state index is 0.0265. The van der Waals surface area contributed by atoms with Crippen molar-refractivity contribution in [1.29, 1.82) is 0 Å². The quantitative estimate of drug-likeness (QED) is 0.796. The molecular formula is C12H24N2O3. The van der Waals surface area contributed by atoms with Crippen LogP contribution in [0.15, 0.2) is 0 Å². The molecule has 1 rings (SSSR count). The summed E-state index contributed by atoms with van der Waals surface area (Å²) in [7, 11) is 0. The van der Waals surface area contributed by atoms with Gasteiger partial charge in [-0.05, 0) is 34.1 Å². The predicted molar refractivity (Wildman–Crippen MR) is 65.8 cm³/mol. The van der Waals surface area contributed by atoms with Crippen LogP contribution < -0.4 is 5.73 Å². The van der Waals surface area contributed by atoms with Gasteiger partial charge in [0.25, 0.3) is 0 Å². The Balaban J connectivity index is 2.61. The number of nitrogens with zero attached hydrogens (tertiary/aromatic N) is 1. The molecule has 1 aliphatic rings. The molecule has 1 heterocycles. The number of carbonyl (C=O) groups is 1. The molecule has 5 nitrogen and oxygen atoms in total. The zero-order valence-corrected chi connectivity index (χ0v) is 11.2. The van der Waals surface area contributed by atoms with E-state index in [-0.39, 0.29) is 18.2 Å². The fourth-order valence-electron chi connectivity index (χ4n) is 1.84. The van der Waals surface area contributed by atoms with Crippen molar-refractivity contribution >= 4 is 6.09 Å². The standard InChI is InChI=1S/C12H24N2O3/c1-9(13)7-10-8-16-6-5-14(10)11(15)17-12(2,3)4/h9-10H,5-8,13H2,1-4H3. The summed E-state index contributed by atoms with van der Waals surface area (Å²) in [5.41, 5.74) is 5.31. The maximum absolute atomic E-state index is 12.0. The molecule has 0 aromatic carbocycles. The summed E-state index contributed by atoms with van der Waals surface area (Å²) >= 11 is 0. The van der Waals surface area contributed by atoms with Crippen molar-refractivity contribution in [1.82, 2.24) is 4.90 Å². The highest BCUT2D eigenvalue weighted by atomic mass is 16.6. The van der Waals surface area contributed by atoms with Gasteiger partial charge >= 0.3 is 6.09 Å². The molecule has 0 aliphatic carbocycles. The molecular weight excluding hydrogens is 220 g/mol. The molecule has 5 heteroatoms. The molecule has 0 aromatic rings. The third kappa shape index (κ3) is 4.91. The molecule has 2 unspecified atom stereocenters. The fraction of sp³-hybridized carbons (Fsp3) is 0.917. The molecule has 0 radical (unpaired) electrons. The molecule has 1 amide bonds. The van der Waals surface area contributed by atoms with E-state index < -0.39 is 5.60 Å². The Morgan fingerprint density at radius 1 is 1.59 bits per heavy atom. The van der Waals surface area contributed by atoms with Crippen LogP contribution in [0.4, 0.5) is 4.79 Å². The maximum Gasteiger partial charge on any atom is 0.410 e. The van der Waals surface area contributed by atoms with Crippen LogP contribution in [-0.4, -0.2) is 48.4 Å². The summed E-state index contributed by atoms with van der Waals surface area (Å²) in [6.45, 7) is 9.22. The van der Waals surface area contributed by atoms with Gasteiger partial charge in [0.15, 0.2) is 0 Å². The van der Waals surface area contributed by atoms with E-state index in [1.165, 1.54) is 0 Å². The van der Waals surface area contributed by atoms with E-state index in [1.807, 2.05) is 27.7 Å². The number of carbonyl (C=O) groups excluding carboxylic acids is 1. The van der Waals surface area contributed by atoms with E-state index in [0.29, 0.717) is 19.8 Å². The van der Waals surface area contributed by atoms with Crippen molar-refractivity contribution in [3.8, 4) is 0 Å². The molecule has 2 atom stereocenters. The number of morpholine rings is 1. The fourth-order valence-corrected chi connectivity index (χ4v) is 1.84. The first-order valence-electron chi connectivity index (χ1n) is 6.12. The average Bonchev–Trinajstić information content (AvgIpc) is 2.14. The van der Waals surface area contributed by atoms with Crippen LogP contribution in [0, 0.1) is 0 Å². The van der Waals surface area contributed by atoms with Crippen molar-refractivity contribution in [3.05, 3.63) is 0 Å². The largest absolute Gasteiger partial charge is 0.444 e. The van der Waals surface area contributed by atoms with Gasteiger partial charge in [-0.25, -0.2) is 4.79 Å². The van der Waals surface area contributed by atoms with Crippen LogP contribution in [0.25, 0.3) is 0 Å². The Morgan fingerprint density at radius 2 is 2.24 bits per heavy atom. The number of nitrogens with two attached hydrogens (primary N) is 1. The molecule has 0 spiro atoms. The number of amides is 1. The second-order valence-electron chi connectivity index (χ2n) is 5.62. The molecule has 17 heavy (non-hydrogen) atoms. The van der Waals surface area contributed by atoms with Crippen molar-refractivity contribution < 1.29 is 14.3 Å². The molecule has 0 aromatic heterocycles.